The number of fused-ring (bicyclic) bond motifs is 2. The minimum Gasteiger partial charge on any atom is -1.00 e. The molecule has 2 aromatic rings. The second kappa shape index (κ2) is 21.2. The number of para-hydroxylation sites is 2. The first-order valence-electron chi connectivity index (χ1n) is 17.2. The van der Waals surface area contributed by atoms with Crippen molar-refractivity contribution in [3.63, 3.8) is 0 Å². The van der Waals surface area contributed by atoms with Crippen molar-refractivity contribution < 1.29 is 45.4 Å². The first kappa shape index (κ1) is 41.2. The lowest BCUT2D eigenvalue weighted by atomic mass is 9.81. The molecule has 0 aromatic heterocycles. The lowest BCUT2D eigenvalue weighted by molar-refractivity contribution is -0.442. The maximum absolute atomic E-state index is 8.39. The fraction of sp³-hybridized carbons (Fsp3) is 0.553. The minimum atomic E-state index is -0.171. The van der Waals surface area contributed by atoms with E-state index in [1.54, 1.807) is 7.11 Å². The number of halogens is 1. The van der Waals surface area contributed by atoms with Gasteiger partial charge in [-0.2, -0.15) is 4.58 Å². The van der Waals surface area contributed by atoms with E-state index in [0.29, 0.717) is 79.2 Å². The molecule has 0 aliphatic carbocycles. The molecule has 2 aromatic carbocycles. The van der Waals surface area contributed by atoms with E-state index < -0.39 is 0 Å². The molecule has 4 rings (SSSR count). The van der Waals surface area contributed by atoms with Crippen molar-refractivity contribution in [3.8, 4) is 0 Å². The zero-order valence-electron chi connectivity index (χ0n) is 30.3. The Bertz CT molecular complexity index is 1490. The fourth-order valence-electron chi connectivity index (χ4n) is 6.46. The van der Waals surface area contributed by atoms with E-state index in [1.807, 2.05) is 0 Å². The van der Waals surface area contributed by atoms with E-state index in [4.69, 9.17) is 34.0 Å². The minimum absolute atomic E-state index is 0. The molecule has 12 heteroatoms. The summed E-state index contributed by atoms with van der Waals surface area (Å²) in [6.07, 6.45) is 6.73. The third-order valence-corrected chi connectivity index (χ3v) is 8.97. The Labute approximate surface area is 303 Å². The van der Waals surface area contributed by atoms with Crippen molar-refractivity contribution >= 4 is 17.1 Å². The average molecular weight is 712 g/mol. The van der Waals surface area contributed by atoms with E-state index in [1.165, 1.54) is 33.9 Å². The summed E-state index contributed by atoms with van der Waals surface area (Å²) in [4.78, 5) is 5.13. The zero-order chi connectivity index (χ0) is 35.0. The molecule has 0 bridgehead atoms. The molecule has 274 valence electrons. The first-order chi connectivity index (χ1) is 23.8. The van der Waals surface area contributed by atoms with Gasteiger partial charge in [-0.1, -0.05) is 61.4 Å². The summed E-state index contributed by atoms with van der Waals surface area (Å²) >= 11 is 0. The van der Waals surface area contributed by atoms with Gasteiger partial charge in [-0.15, -0.1) is 0 Å². The molecular formula is C38H54ClN5O6. The highest BCUT2D eigenvalue weighted by atomic mass is 35.5. The Morgan fingerprint density at radius 2 is 1.32 bits per heavy atom. The van der Waals surface area contributed by atoms with Crippen LogP contribution in [0.1, 0.15) is 38.8 Å². The standard InChI is InChI=1S/C38H54N5O6.ClH/c1-37(2)31-11-6-8-13-33(31)42(18-21-46-26-25-45-20-17-40-41-39)35(37)15-10-16-36-38(3,4)32-12-7-9-14-34(32)43(36)19-22-47-27-28-49-30-29-48-24-23-44-5;/h6-16H,17-30H2,1-5H3;1H/q+1;/p-1. The Morgan fingerprint density at radius 3 is 2.00 bits per heavy atom. The van der Waals surface area contributed by atoms with Gasteiger partial charge in [0.25, 0.3) is 0 Å². The van der Waals surface area contributed by atoms with Crippen LogP contribution in [0, 0.1) is 0 Å². The van der Waals surface area contributed by atoms with Gasteiger partial charge >= 0.3 is 0 Å². The van der Waals surface area contributed by atoms with E-state index >= 15 is 0 Å². The van der Waals surface area contributed by atoms with Gasteiger partial charge < -0.3 is 45.7 Å². The number of nitrogens with zero attached hydrogens (tertiary/aromatic N) is 5. The summed E-state index contributed by atoms with van der Waals surface area (Å²) in [5.41, 5.74) is 15.6. The number of anilines is 1. The van der Waals surface area contributed by atoms with Gasteiger partial charge in [0.2, 0.25) is 5.69 Å². The second-order valence-electron chi connectivity index (χ2n) is 12.9. The molecule has 0 radical (unpaired) electrons. The molecule has 0 saturated carbocycles. The van der Waals surface area contributed by atoms with E-state index in [9.17, 15) is 0 Å². The van der Waals surface area contributed by atoms with Crippen LogP contribution in [-0.4, -0.2) is 110 Å². The Balaban J connectivity index is 0.00000676. The molecule has 0 spiro atoms. The number of ether oxygens (including phenoxy) is 6. The second-order valence-corrected chi connectivity index (χ2v) is 12.9. The van der Waals surface area contributed by atoms with Crippen molar-refractivity contribution in [2.75, 3.05) is 104 Å². The quantitative estimate of drug-likeness (QED) is 0.0572. The lowest BCUT2D eigenvalue weighted by Gasteiger charge is -2.27. The molecule has 2 heterocycles. The van der Waals surface area contributed by atoms with Gasteiger partial charge in [-0.05, 0) is 37.1 Å². The van der Waals surface area contributed by atoms with Gasteiger partial charge in [-0.3, -0.25) is 0 Å². The van der Waals surface area contributed by atoms with Crippen LogP contribution in [0.4, 0.5) is 11.4 Å². The molecule has 0 fully saturated rings. The lowest BCUT2D eigenvalue weighted by Crippen LogP contribution is -3.00. The molecule has 0 saturated heterocycles. The van der Waals surface area contributed by atoms with Crippen molar-refractivity contribution in [1.29, 1.82) is 0 Å². The smallest absolute Gasteiger partial charge is 0.209 e. The predicted molar refractivity (Wildman–Crippen MR) is 193 cm³/mol. The largest absolute Gasteiger partial charge is 1.00 e. The molecule has 0 amide bonds. The van der Waals surface area contributed by atoms with Crippen molar-refractivity contribution in [2.24, 2.45) is 5.11 Å². The molecular weight excluding hydrogens is 658 g/mol. The average Bonchev–Trinajstić information content (AvgIpc) is 3.45. The zero-order valence-corrected chi connectivity index (χ0v) is 31.1. The number of azide groups is 1. The molecule has 2 aliphatic rings. The summed E-state index contributed by atoms with van der Waals surface area (Å²) in [6.45, 7) is 16.8. The number of benzene rings is 2. The van der Waals surface area contributed by atoms with Gasteiger partial charge in [0.1, 0.15) is 6.61 Å². The van der Waals surface area contributed by atoms with Crippen LogP contribution in [0.5, 0.6) is 0 Å². The predicted octanol–water partition coefficient (Wildman–Crippen LogP) is 3.34. The monoisotopic (exact) mass is 711 g/mol. The van der Waals surface area contributed by atoms with Crippen LogP contribution >= 0.6 is 0 Å². The topological polar surface area (TPSA) is 110 Å². The number of hydrogen-bond acceptors (Lipinski definition) is 8. The van der Waals surface area contributed by atoms with Crippen LogP contribution in [0.15, 0.2) is 77.6 Å². The Hall–Kier alpha value is -3.25. The molecule has 50 heavy (non-hydrogen) atoms. The third-order valence-electron chi connectivity index (χ3n) is 8.97. The van der Waals surface area contributed by atoms with Gasteiger partial charge in [0.05, 0.1) is 71.5 Å². The SMILES string of the molecule is COCCOCCOCCOCCN1C(=CC=CC2=[N+](CCOCCOCCN=[N+]=[N-])c3ccccc3C2(C)C)C(C)(C)c2ccccc21.[Cl-]. The number of rotatable bonds is 23. The molecule has 0 N–H and O–H groups in total. The van der Waals surface area contributed by atoms with Gasteiger partial charge in [-0.25, -0.2) is 0 Å². The van der Waals surface area contributed by atoms with Crippen LogP contribution in [0.3, 0.4) is 0 Å². The van der Waals surface area contributed by atoms with Gasteiger partial charge in [0, 0.05) is 59.6 Å². The highest BCUT2D eigenvalue weighted by Crippen LogP contribution is 2.47. The Morgan fingerprint density at radius 1 is 0.740 bits per heavy atom. The number of allylic oxidation sites excluding steroid dienone is 4. The number of methoxy groups -OCH3 is 1. The van der Waals surface area contributed by atoms with Crippen molar-refractivity contribution in [2.45, 2.75) is 38.5 Å². The van der Waals surface area contributed by atoms with E-state index in [-0.39, 0.29) is 23.2 Å². The Kier molecular flexibility index (Phi) is 17.5. The third kappa shape index (κ3) is 10.9. The normalized spacial score (nSPS) is 16.5. The highest BCUT2D eigenvalue weighted by Gasteiger charge is 2.44. The van der Waals surface area contributed by atoms with E-state index in [2.05, 4.69) is 114 Å². The first-order valence-corrected chi connectivity index (χ1v) is 17.2. The fourth-order valence-corrected chi connectivity index (χ4v) is 6.46. The molecule has 2 aliphatic heterocycles. The van der Waals surface area contributed by atoms with Gasteiger partial charge in [0.15, 0.2) is 12.3 Å². The summed E-state index contributed by atoms with van der Waals surface area (Å²) in [7, 11) is 1.66. The maximum Gasteiger partial charge on any atom is 0.209 e. The molecule has 11 nitrogen and oxygen atoms in total. The maximum atomic E-state index is 8.39. The van der Waals surface area contributed by atoms with E-state index in [0.717, 1.165) is 13.1 Å². The molecule has 0 unspecified atom stereocenters. The van der Waals surface area contributed by atoms with Crippen LogP contribution in [0.25, 0.3) is 10.4 Å². The summed E-state index contributed by atoms with van der Waals surface area (Å²) in [5, 5.41) is 3.49. The number of hydrogen-bond donors (Lipinski definition) is 0. The van der Waals surface area contributed by atoms with Crippen LogP contribution < -0.4 is 17.3 Å². The summed E-state index contributed by atoms with van der Waals surface area (Å²) in [5.74, 6) is 0. The summed E-state index contributed by atoms with van der Waals surface area (Å²) in [6, 6.07) is 17.3. The van der Waals surface area contributed by atoms with Crippen LogP contribution in [-0.2, 0) is 39.3 Å². The summed E-state index contributed by atoms with van der Waals surface area (Å²) < 4.78 is 35.9. The molecule has 0 atom stereocenters. The highest BCUT2D eigenvalue weighted by molar-refractivity contribution is 6.03. The van der Waals surface area contributed by atoms with Crippen molar-refractivity contribution in [3.05, 3.63) is 94.0 Å². The van der Waals surface area contributed by atoms with Crippen LogP contribution in [0.2, 0.25) is 0 Å². The van der Waals surface area contributed by atoms with Crippen molar-refractivity contribution in [1.82, 2.24) is 0 Å².